The molecule has 18 heavy (non-hydrogen) atoms. The summed E-state index contributed by atoms with van der Waals surface area (Å²) in [7, 11) is 1.64. The van der Waals surface area contributed by atoms with Gasteiger partial charge in [-0.25, -0.2) is 0 Å². The average molecular weight is 247 g/mol. The van der Waals surface area contributed by atoms with Crippen LogP contribution in [0.5, 0.6) is 5.75 Å². The van der Waals surface area contributed by atoms with Crippen molar-refractivity contribution in [1.82, 2.24) is 4.90 Å². The first kappa shape index (κ1) is 12.9. The van der Waals surface area contributed by atoms with Gasteiger partial charge in [-0.1, -0.05) is 13.0 Å². The Morgan fingerprint density at radius 3 is 2.61 bits per heavy atom. The van der Waals surface area contributed by atoms with Crippen molar-refractivity contribution in [3.63, 3.8) is 0 Å². The molecule has 3 heteroatoms. The van der Waals surface area contributed by atoms with Crippen LogP contribution in [0, 0.1) is 12.8 Å². The smallest absolute Gasteiger partial charge is 0.253 e. The molecule has 2 rings (SSSR count). The van der Waals surface area contributed by atoms with Crippen molar-refractivity contribution >= 4 is 5.91 Å². The molecule has 1 aromatic carbocycles. The number of ether oxygens (including phenoxy) is 1. The second kappa shape index (κ2) is 5.42. The van der Waals surface area contributed by atoms with Gasteiger partial charge in [0.2, 0.25) is 0 Å². The molecule has 0 bridgehead atoms. The summed E-state index contributed by atoms with van der Waals surface area (Å²) in [6, 6.07) is 5.67. The molecule has 1 amide bonds. The van der Waals surface area contributed by atoms with Gasteiger partial charge < -0.3 is 9.64 Å². The number of nitrogens with zero attached hydrogens (tertiary/aromatic N) is 1. The van der Waals surface area contributed by atoms with E-state index < -0.39 is 0 Å². The van der Waals surface area contributed by atoms with E-state index in [4.69, 9.17) is 4.74 Å². The lowest BCUT2D eigenvalue weighted by Crippen LogP contribution is -2.37. The molecule has 0 N–H and O–H groups in total. The molecule has 0 radical (unpaired) electrons. The lowest BCUT2D eigenvalue weighted by molar-refractivity contribution is 0.0697. The van der Waals surface area contributed by atoms with Crippen LogP contribution in [-0.4, -0.2) is 31.0 Å². The normalized spacial score (nSPS) is 16.7. The van der Waals surface area contributed by atoms with Gasteiger partial charge in [-0.2, -0.15) is 0 Å². The van der Waals surface area contributed by atoms with Crippen LogP contribution in [0.2, 0.25) is 0 Å². The van der Waals surface area contributed by atoms with Gasteiger partial charge in [0.05, 0.1) is 7.11 Å². The molecule has 1 saturated heterocycles. The molecule has 98 valence electrons. The van der Waals surface area contributed by atoms with E-state index in [9.17, 15) is 4.79 Å². The highest BCUT2D eigenvalue weighted by molar-refractivity contribution is 5.94. The van der Waals surface area contributed by atoms with Crippen molar-refractivity contribution in [3.05, 3.63) is 29.3 Å². The second-order valence-electron chi connectivity index (χ2n) is 5.16. The van der Waals surface area contributed by atoms with Crippen LogP contribution in [0.4, 0.5) is 0 Å². The fraction of sp³-hybridized carbons (Fsp3) is 0.533. The Hall–Kier alpha value is -1.51. The van der Waals surface area contributed by atoms with Crippen molar-refractivity contribution in [2.24, 2.45) is 5.92 Å². The molecule has 0 atom stereocenters. The van der Waals surface area contributed by atoms with Gasteiger partial charge in [0.1, 0.15) is 5.75 Å². The van der Waals surface area contributed by atoms with Gasteiger partial charge in [-0.3, -0.25) is 4.79 Å². The Labute approximate surface area is 109 Å². The largest absolute Gasteiger partial charge is 0.496 e. The van der Waals surface area contributed by atoms with Gasteiger partial charge in [0.15, 0.2) is 0 Å². The molecule has 1 aromatic rings. The Morgan fingerprint density at radius 1 is 1.33 bits per heavy atom. The summed E-state index contributed by atoms with van der Waals surface area (Å²) >= 11 is 0. The maximum atomic E-state index is 12.4. The van der Waals surface area contributed by atoms with Crippen LogP contribution in [-0.2, 0) is 0 Å². The third-order valence-electron chi connectivity index (χ3n) is 3.73. The minimum atomic E-state index is 0.125. The SMILES string of the molecule is COc1cc(C(=O)N2CCC(C)CC2)ccc1C. The highest BCUT2D eigenvalue weighted by Gasteiger charge is 2.21. The number of methoxy groups -OCH3 is 1. The van der Waals surface area contributed by atoms with Crippen molar-refractivity contribution in [3.8, 4) is 5.75 Å². The van der Waals surface area contributed by atoms with E-state index in [1.165, 1.54) is 0 Å². The fourth-order valence-corrected chi connectivity index (χ4v) is 2.35. The van der Waals surface area contributed by atoms with Crippen LogP contribution >= 0.6 is 0 Å². The predicted octanol–water partition coefficient (Wildman–Crippen LogP) is 2.88. The van der Waals surface area contributed by atoms with E-state index in [0.29, 0.717) is 0 Å². The lowest BCUT2D eigenvalue weighted by Gasteiger charge is -2.30. The van der Waals surface area contributed by atoms with Crippen molar-refractivity contribution in [1.29, 1.82) is 0 Å². The van der Waals surface area contributed by atoms with E-state index in [0.717, 1.165) is 48.7 Å². The summed E-state index contributed by atoms with van der Waals surface area (Å²) in [6.45, 7) is 5.97. The van der Waals surface area contributed by atoms with E-state index >= 15 is 0 Å². The topological polar surface area (TPSA) is 29.5 Å². The minimum absolute atomic E-state index is 0.125. The van der Waals surface area contributed by atoms with Crippen LogP contribution in [0.3, 0.4) is 0 Å². The fourth-order valence-electron chi connectivity index (χ4n) is 2.35. The van der Waals surface area contributed by atoms with Crippen molar-refractivity contribution in [2.45, 2.75) is 26.7 Å². The van der Waals surface area contributed by atoms with Gasteiger partial charge in [-0.15, -0.1) is 0 Å². The average Bonchev–Trinajstić information content (AvgIpc) is 2.39. The third-order valence-corrected chi connectivity index (χ3v) is 3.73. The number of likely N-dealkylation sites (tertiary alicyclic amines) is 1. The molecule has 1 aliphatic rings. The summed E-state index contributed by atoms with van der Waals surface area (Å²) in [5.74, 6) is 1.65. The van der Waals surface area contributed by atoms with Gasteiger partial charge in [0.25, 0.3) is 5.91 Å². The van der Waals surface area contributed by atoms with Crippen LogP contribution in [0.25, 0.3) is 0 Å². The maximum Gasteiger partial charge on any atom is 0.253 e. The molecule has 0 spiro atoms. The van der Waals surface area contributed by atoms with Crippen LogP contribution < -0.4 is 4.74 Å². The highest BCUT2D eigenvalue weighted by atomic mass is 16.5. The molecule has 1 aliphatic heterocycles. The Kier molecular flexibility index (Phi) is 3.90. The van der Waals surface area contributed by atoms with Crippen molar-refractivity contribution < 1.29 is 9.53 Å². The minimum Gasteiger partial charge on any atom is -0.496 e. The van der Waals surface area contributed by atoms with Crippen LogP contribution in [0.1, 0.15) is 35.7 Å². The van der Waals surface area contributed by atoms with Gasteiger partial charge >= 0.3 is 0 Å². The number of benzene rings is 1. The van der Waals surface area contributed by atoms with Crippen LogP contribution in [0.15, 0.2) is 18.2 Å². The molecule has 0 aliphatic carbocycles. The van der Waals surface area contributed by atoms with E-state index in [-0.39, 0.29) is 5.91 Å². The summed E-state index contributed by atoms with van der Waals surface area (Å²) in [4.78, 5) is 14.3. The maximum absolute atomic E-state index is 12.4. The zero-order valence-corrected chi connectivity index (χ0v) is 11.4. The summed E-state index contributed by atoms with van der Waals surface area (Å²) < 4.78 is 5.27. The third kappa shape index (κ3) is 2.66. The van der Waals surface area contributed by atoms with E-state index in [1.54, 1.807) is 7.11 Å². The van der Waals surface area contributed by atoms with Crippen molar-refractivity contribution in [2.75, 3.05) is 20.2 Å². The Morgan fingerprint density at radius 2 is 2.00 bits per heavy atom. The van der Waals surface area contributed by atoms with E-state index in [1.807, 2.05) is 30.0 Å². The molecule has 0 aromatic heterocycles. The number of hydrogen-bond acceptors (Lipinski definition) is 2. The molecule has 1 heterocycles. The first-order valence-electron chi connectivity index (χ1n) is 6.55. The number of carbonyl (C=O) groups excluding carboxylic acids is 1. The van der Waals surface area contributed by atoms with Gasteiger partial charge in [-0.05, 0) is 43.4 Å². The lowest BCUT2D eigenvalue weighted by atomic mass is 9.98. The first-order valence-corrected chi connectivity index (χ1v) is 6.55. The number of aryl methyl sites for hydroxylation is 1. The molecule has 0 unspecified atom stereocenters. The first-order chi connectivity index (χ1) is 8.61. The molecule has 1 fully saturated rings. The zero-order chi connectivity index (χ0) is 13.1. The summed E-state index contributed by atoms with van der Waals surface area (Å²) in [6.07, 6.45) is 2.21. The standard InChI is InChI=1S/C15H21NO2/c1-11-6-8-16(9-7-11)15(17)13-5-4-12(2)14(10-13)18-3/h4-5,10-11H,6-9H2,1-3H3. The Balaban J connectivity index is 2.13. The second-order valence-corrected chi connectivity index (χ2v) is 5.16. The number of piperidine rings is 1. The number of carbonyl (C=O) groups is 1. The quantitative estimate of drug-likeness (QED) is 0.804. The monoisotopic (exact) mass is 247 g/mol. The van der Waals surface area contributed by atoms with E-state index in [2.05, 4.69) is 6.92 Å². The molecule has 0 saturated carbocycles. The summed E-state index contributed by atoms with van der Waals surface area (Å²) in [5, 5.41) is 0. The molecule has 3 nitrogen and oxygen atoms in total. The summed E-state index contributed by atoms with van der Waals surface area (Å²) in [5.41, 5.74) is 1.79. The zero-order valence-electron chi connectivity index (χ0n) is 11.4. The Bertz CT molecular complexity index is 434. The highest BCUT2D eigenvalue weighted by Crippen LogP contribution is 2.22. The van der Waals surface area contributed by atoms with Gasteiger partial charge in [0, 0.05) is 18.7 Å². The molecular weight excluding hydrogens is 226 g/mol. The predicted molar refractivity (Wildman–Crippen MR) is 72.0 cm³/mol. The number of amides is 1. The number of hydrogen-bond donors (Lipinski definition) is 0. The number of rotatable bonds is 2. The molecular formula is C15H21NO2.